The van der Waals surface area contributed by atoms with Crippen molar-refractivity contribution in [3.05, 3.63) is 64.7 Å². The molecular formula is C22H25N3O2. The molecule has 5 nitrogen and oxygen atoms in total. The Hall–Kier alpha value is -2.66. The van der Waals surface area contributed by atoms with Crippen LogP contribution in [0.15, 0.2) is 42.5 Å². The summed E-state index contributed by atoms with van der Waals surface area (Å²) in [5, 5.41) is 0. The molecule has 0 aliphatic carbocycles. The second-order valence-electron chi connectivity index (χ2n) is 7.49. The lowest BCUT2D eigenvalue weighted by Crippen LogP contribution is -2.29. The molecule has 140 valence electrons. The van der Waals surface area contributed by atoms with Crippen LogP contribution >= 0.6 is 0 Å². The van der Waals surface area contributed by atoms with Crippen LogP contribution in [-0.2, 0) is 6.54 Å². The lowest BCUT2D eigenvalue weighted by molar-refractivity contribution is 0.0965. The zero-order valence-electron chi connectivity index (χ0n) is 15.6. The van der Waals surface area contributed by atoms with Gasteiger partial charge < -0.3 is 10.6 Å². The van der Waals surface area contributed by atoms with E-state index in [0.29, 0.717) is 11.1 Å². The maximum atomic E-state index is 13.0. The predicted octanol–water partition coefficient (Wildman–Crippen LogP) is 3.49. The van der Waals surface area contributed by atoms with Gasteiger partial charge in [-0.1, -0.05) is 30.7 Å². The third kappa shape index (κ3) is 3.23. The number of nitrogens with two attached hydrogens (primary N) is 1. The number of benzene rings is 2. The fourth-order valence-electron chi connectivity index (χ4n) is 4.28. The highest BCUT2D eigenvalue weighted by Gasteiger charge is 2.37. The van der Waals surface area contributed by atoms with E-state index in [2.05, 4.69) is 17.0 Å². The molecule has 0 bridgehead atoms. The Balaban J connectivity index is 1.57. The van der Waals surface area contributed by atoms with Gasteiger partial charge in [0.1, 0.15) is 0 Å². The number of carbonyl (C=O) groups is 2. The van der Waals surface area contributed by atoms with Gasteiger partial charge in [-0.2, -0.15) is 0 Å². The van der Waals surface area contributed by atoms with Crippen molar-refractivity contribution in [3.63, 3.8) is 0 Å². The van der Waals surface area contributed by atoms with Gasteiger partial charge in [0.15, 0.2) is 0 Å². The van der Waals surface area contributed by atoms with Gasteiger partial charge in [0.2, 0.25) is 5.91 Å². The van der Waals surface area contributed by atoms with Crippen molar-refractivity contribution >= 4 is 17.5 Å². The normalized spacial score (nSPS) is 20.0. The second-order valence-corrected chi connectivity index (χ2v) is 7.49. The Morgan fingerprint density at radius 2 is 1.78 bits per heavy atom. The van der Waals surface area contributed by atoms with Crippen molar-refractivity contribution in [2.45, 2.75) is 38.8 Å². The summed E-state index contributed by atoms with van der Waals surface area (Å²) in [7, 11) is 0. The van der Waals surface area contributed by atoms with Gasteiger partial charge in [-0.3, -0.25) is 14.5 Å². The van der Waals surface area contributed by atoms with Gasteiger partial charge in [-0.15, -0.1) is 0 Å². The average Bonchev–Trinajstić information content (AvgIpc) is 2.94. The smallest absolute Gasteiger partial charge is 0.260 e. The molecule has 2 aromatic carbocycles. The van der Waals surface area contributed by atoms with Crippen molar-refractivity contribution in [3.8, 4) is 0 Å². The Labute approximate surface area is 159 Å². The molecule has 5 heteroatoms. The summed E-state index contributed by atoms with van der Waals surface area (Å²) in [4.78, 5) is 29.0. The number of nitrogens with zero attached hydrogens (tertiary/aromatic N) is 2. The van der Waals surface area contributed by atoms with Crippen LogP contribution in [-0.4, -0.2) is 29.8 Å². The van der Waals surface area contributed by atoms with Crippen LogP contribution in [0.1, 0.15) is 64.1 Å². The number of carbonyl (C=O) groups excluding carboxylic acids is 2. The van der Waals surface area contributed by atoms with Gasteiger partial charge in [0.05, 0.1) is 17.2 Å². The maximum Gasteiger partial charge on any atom is 0.260 e. The first-order valence-corrected chi connectivity index (χ1v) is 9.64. The highest BCUT2D eigenvalue weighted by molar-refractivity contribution is 6.16. The van der Waals surface area contributed by atoms with E-state index in [-0.39, 0.29) is 11.9 Å². The summed E-state index contributed by atoms with van der Waals surface area (Å²) < 4.78 is 0. The molecule has 4 rings (SSSR count). The van der Waals surface area contributed by atoms with Crippen LogP contribution in [0.3, 0.4) is 0 Å². The zero-order valence-corrected chi connectivity index (χ0v) is 15.6. The quantitative estimate of drug-likeness (QED) is 0.904. The Bertz CT molecular complexity index is 870. The van der Waals surface area contributed by atoms with Crippen LogP contribution in [0.25, 0.3) is 0 Å². The summed E-state index contributed by atoms with van der Waals surface area (Å²) in [5.41, 5.74) is 9.18. The molecule has 1 saturated heterocycles. The molecule has 2 aromatic rings. The lowest BCUT2D eigenvalue weighted by atomic mass is 10.00. The van der Waals surface area contributed by atoms with E-state index in [9.17, 15) is 9.59 Å². The molecule has 27 heavy (non-hydrogen) atoms. The molecule has 1 unspecified atom stereocenters. The highest BCUT2D eigenvalue weighted by Crippen LogP contribution is 2.38. The molecule has 2 aliphatic heterocycles. The number of rotatable bonds is 4. The second kappa shape index (κ2) is 7.16. The van der Waals surface area contributed by atoms with E-state index < -0.39 is 5.91 Å². The van der Waals surface area contributed by atoms with E-state index in [0.717, 1.165) is 30.9 Å². The minimum Gasteiger partial charge on any atom is -0.366 e. The number of anilines is 1. The van der Waals surface area contributed by atoms with E-state index in [1.54, 1.807) is 17.0 Å². The van der Waals surface area contributed by atoms with Gasteiger partial charge in [0.25, 0.3) is 5.91 Å². The highest BCUT2D eigenvalue weighted by atomic mass is 16.2. The molecule has 0 aromatic heterocycles. The minimum atomic E-state index is -0.564. The van der Waals surface area contributed by atoms with Crippen molar-refractivity contribution in [1.82, 2.24) is 4.90 Å². The number of fused-ring (bicyclic) bond motifs is 1. The minimum absolute atomic E-state index is 0.125. The van der Waals surface area contributed by atoms with Crippen molar-refractivity contribution in [1.29, 1.82) is 0 Å². The summed E-state index contributed by atoms with van der Waals surface area (Å²) in [6, 6.07) is 13.4. The predicted molar refractivity (Wildman–Crippen MR) is 106 cm³/mol. The zero-order chi connectivity index (χ0) is 19.0. The lowest BCUT2D eigenvalue weighted by Gasteiger charge is -2.27. The topological polar surface area (TPSA) is 66.6 Å². The number of likely N-dealkylation sites (tertiary alicyclic amines) is 1. The summed E-state index contributed by atoms with van der Waals surface area (Å²) >= 11 is 0. The van der Waals surface area contributed by atoms with Crippen molar-refractivity contribution in [2.75, 3.05) is 18.0 Å². The summed E-state index contributed by atoms with van der Waals surface area (Å²) in [5.74, 6) is -0.721. The molecule has 2 amide bonds. The molecule has 2 heterocycles. The molecule has 1 atom stereocenters. The van der Waals surface area contributed by atoms with Crippen LogP contribution in [0.2, 0.25) is 0 Å². The molecule has 0 radical (unpaired) electrons. The van der Waals surface area contributed by atoms with E-state index in [1.807, 2.05) is 25.1 Å². The Morgan fingerprint density at radius 3 is 2.44 bits per heavy atom. The van der Waals surface area contributed by atoms with E-state index >= 15 is 0 Å². The first-order valence-electron chi connectivity index (χ1n) is 9.64. The van der Waals surface area contributed by atoms with Crippen molar-refractivity contribution < 1.29 is 9.59 Å². The van der Waals surface area contributed by atoms with Gasteiger partial charge in [-0.05, 0) is 62.2 Å². The first kappa shape index (κ1) is 17.7. The standard InChI is InChI=1S/C22H25N3O2/c1-15-18-6-5-7-19(21(23)26)20(18)22(27)25(15)17-10-8-16(9-11-17)14-24-12-3-2-4-13-24/h5-11,15H,2-4,12-14H2,1H3,(H2,23,26). The molecule has 0 spiro atoms. The number of hydrogen-bond acceptors (Lipinski definition) is 3. The number of hydrogen-bond donors (Lipinski definition) is 1. The molecular weight excluding hydrogens is 338 g/mol. The first-order chi connectivity index (χ1) is 13.1. The van der Waals surface area contributed by atoms with Crippen LogP contribution in [0.5, 0.6) is 0 Å². The summed E-state index contributed by atoms with van der Waals surface area (Å²) in [6.45, 7) is 5.26. The largest absolute Gasteiger partial charge is 0.366 e. The van der Waals surface area contributed by atoms with E-state index in [4.69, 9.17) is 5.73 Å². The Kier molecular flexibility index (Phi) is 4.70. The molecule has 2 aliphatic rings. The molecule has 2 N–H and O–H groups in total. The average molecular weight is 363 g/mol. The van der Waals surface area contributed by atoms with E-state index in [1.165, 1.54) is 24.8 Å². The maximum absolute atomic E-state index is 13.0. The fourth-order valence-corrected chi connectivity index (χ4v) is 4.28. The van der Waals surface area contributed by atoms with Crippen LogP contribution in [0, 0.1) is 0 Å². The molecule has 0 saturated carbocycles. The Morgan fingerprint density at radius 1 is 1.07 bits per heavy atom. The van der Waals surface area contributed by atoms with Gasteiger partial charge >= 0.3 is 0 Å². The number of amides is 2. The monoisotopic (exact) mass is 363 g/mol. The number of primary amides is 1. The van der Waals surface area contributed by atoms with Crippen molar-refractivity contribution in [2.24, 2.45) is 5.73 Å². The SMILES string of the molecule is CC1c2cccc(C(N)=O)c2C(=O)N1c1ccc(CN2CCCCC2)cc1. The van der Waals surface area contributed by atoms with Crippen LogP contribution in [0.4, 0.5) is 5.69 Å². The summed E-state index contributed by atoms with van der Waals surface area (Å²) in [6.07, 6.45) is 3.88. The third-order valence-electron chi connectivity index (χ3n) is 5.70. The fraction of sp³-hybridized carbons (Fsp3) is 0.364. The van der Waals surface area contributed by atoms with Gasteiger partial charge in [0, 0.05) is 12.2 Å². The number of piperidine rings is 1. The molecule has 1 fully saturated rings. The van der Waals surface area contributed by atoms with Gasteiger partial charge in [-0.25, -0.2) is 0 Å². The van der Waals surface area contributed by atoms with Crippen LogP contribution < -0.4 is 10.6 Å². The third-order valence-corrected chi connectivity index (χ3v) is 5.70.